The Morgan fingerprint density at radius 3 is 2.62 bits per heavy atom. The van der Waals surface area contributed by atoms with Crippen LogP contribution in [0.1, 0.15) is 38.0 Å². The van der Waals surface area contributed by atoms with Crippen molar-refractivity contribution in [2.24, 2.45) is 5.41 Å². The number of carbonyl (C=O) groups excluding carboxylic acids is 1. The van der Waals surface area contributed by atoms with Crippen LogP contribution in [0, 0.1) is 11.2 Å². The maximum atomic E-state index is 13.7. The van der Waals surface area contributed by atoms with E-state index in [1.165, 1.54) is 18.3 Å². The number of halogens is 2. The van der Waals surface area contributed by atoms with Gasteiger partial charge in [-0.3, -0.25) is 9.89 Å². The van der Waals surface area contributed by atoms with Gasteiger partial charge in [-0.1, -0.05) is 17.7 Å². The average Bonchev–Trinajstić information content (AvgIpc) is 2.91. The molecule has 0 aliphatic carbocycles. The summed E-state index contributed by atoms with van der Waals surface area (Å²) in [5.74, 6) is -0.946. The highest BCUT2D eigenvalue weighted by atomic mass is 35.5. The number of carbonyl (C=O) groups is 1. The third-order valence-electron chi connectivity index (χ3n) is 2.91. The van der Waals surface area contributed by atoms with Crippen molar-refractivity contribution in [3.63, 3.8) is 0 Å². The van der Waals surface area contributed by atoms with Crippen molar-refractivity contribution in [1.29, 1.82) is 0 Å². The highest BCUT2D eigenvalue weighted by Gasteiger charge is 2.28. The molecule has 1 heterocycles. The van der Waals surface area contributed by atoms with E-state index < -0.39 is 17.3 Å². The Hall–Kier alpha value is -1.88. The van der Waals surface area contributed by atoms with Crippen molar-refractivity contribution >= 4 is 17.6 Å². The summed E-state index contributed by atoms with van der Waals surface area (Å²) in [5.41, 5.74) is 0.470. The molecule has 2 rings (SSSR count). The summed E-state index contributed by atoms with van der Waals surface area (Å²) in [7, 11) is 0. The third kappa shape index (κ3) is 3.61. The van der Waals surface area contributed by atoms with Crippen molar-refractivity contribution in [2.75, 3.05) is 0 Å². The maximum absolute atomic E-state index is 13.7. The van der Waals surface area contributed by atoms with Crippen LogP contribution in [0.25, 0.3) is 0 Å². The topological polar surface area (TPSA) is 55.0 Å². The number of nitrogens with one attached hydrogen (secondary N) is 1. The van der Waals surface area contributed by atoms with E-state index in [0.29, 0.717) is 11.1 Å². The van der Waals surface area contributed by atoms with Gasteiger partial charge < -0.3 is 4.74 Å². The van der Waals surface area contributed by atoms with Crippen LogP contribution >= 0.6 is 11.6 Å². The van der Waals surface area contributed by atoms with Crippen molar-refractivity contribution in [2.45, 2.75) is 26.9 Å². The number of aromatic nitrogens is 2. The predicted molar refractivity (Wildman–Crippen MR) is 77.4 cm³/mol. The molecule has 2 aromatic rings. The number of rotatable bonds is 3. The van der Waals surface area contributed by atoms with Crippen LogP contribution < -0.4 is 0 Å². The van der Waals surface area contributed by atoms with Gasteiger partial charge in [0.2, 0.25) is 0 Å². The smallest absolute Gasteiger partial charge is 0.312 e. The second-order valence-electron chi connectivity index (χ2n) is 5.74. The van der Waals surface area contributed by atoms with Gasteiger partial charge >= 0.3 is 5.97 Å². The van der Waals surface area contributed by atoms with E-state index in [0.717, 1.165) is 0 Å². The average molecular weight is 311 g/mol. The molecule has 0 saturated heterocycles. The second kappa shape index (κ2) is 5.85. The first-order valence-electron chi connectivity index (χ1n) is 6.44. The van der Waals surface area contributed by atoms with E-state index in [1.54, 1.807) is 33.0 Å². The van der Waals surface area contributed by atoms with E-state index >= 15 is 0 Å². The summed E-state index contributed by atoms with van der Waals surface area (Å²) in [6, 6.07) is 4.32. The number of esters is 1. The number of H-pyrrole nitrogens is 1. The van der Waals surface area contributed by atoms with E-state index in [9.17, 15) is 9.18 Å². The van der Waals surface area contributed by atoms with Gasteiger partial charge in [0, 0.05) is 17.3 Å². The van der Waals surface area contributed by atoms with Gasteiger partial charge in [-0.15, -0.1) is 0 Å². The van der Waals surface area contributed by atoms with Gasteiger partial charge in [-0.25, -0.2) is 4.39 Å². The zero-order valence-corrected chi connectivity index (χ0v) is 12.7. The number of nitrogens with zero attached hydrogens (tertiary/aromatic N) is 1. The Balaban J connectivity index is 2.37. The molecular weight excluding hydrogens is 295 g/mol. The molecule has 0 bridgehead atoms. The quantitative estimate of drug-likeness (QED) is 0.875. The molecule has 0 aliphatic rings. The van der Waals surface area contributed by atoms with Crippen LogP contribution in [0.4, 0.5) is 4.39 Å². The lowest BCUT2D eigenvalue weighted by Crippen LogP contribution is -2.25. The summed E-state index contributed by atoms with van der Waals surface area (Å²) in [6.45, 7) is 5.26. The van der Waals surface area contributed by atoms with E-state index in [-0.39, 0.29) is 11.0 Å². The minimum atomic E-state index is -0.734. The van der Waals surface area contributed by atoms with Gasteiger partial charge in [0.25, 0.3) is 0 Å². The lowest BCUT2D eigenvalue weighted by molar-refractivity contribution is -0.157. The Kier molecular flexibility index (Phi) is 4.32. The first-order valence-corrected chi connectivity index (χ1v) is 6.81. The first kappa shape index (κ1) is 15.5. The van der Waals surface area contributed by atoms with Gasteiger partial charge in [0.05, 0.1) is 16.6 Å². The van der Waals surface area contributed by atoms with Gasteiger partial charge in [0.1, 0.15) is 5.82 Å². The fraction of sp³-hybridized carbons (Fsp3) is 0.333. The highest BCUT2D eigenvalue weighted by molar-refractivity contribution is 6.30. The van der Waals surface area contributed by atoms with E-state index in [1.807, 2.05) is 0 Å². The lowest BCUT2D eigenvalue weighted by atomic mass is 9.96. The van der Waals surface area contributed by atoms with Crippen LogP contribution in [-0.2, 0) is 9.53 Å². The first-order chi connectivity index (χ1) is 9.79. The number of hydrogen-bond acceptors (Lipinski definition) is 3. The molecule has 1 aromatic heterocycles. The minimum absolute atomic E-state index is 0.0202. The highest BCUT2D eigenvalue weighted by Crippen LogP contribution is 2.30. The number of hydrogen-bond donors (Lipinski definition) is 1. The summed E-state index contributed by atoms with van der Waals surface area (Å²) < 4.78 is 19.2. The molecule has 0 spiro atoms. The Bertz CT molecular complexity index is 636. The van der Waals surface area contributed by atoms with Crippen molar-refractivity contribution in [3.8, 4) is 0 Å². The van der Waals surface area contributed by atoms with Gasteiger partial charge in [0.15, 0.2) is 6.10 Å². The largest absolute Gasteiger partial charge is 0.452 e. The molecule has 0 fully saturated rings. The molecular formula is C15H16ClFN2O2. The summed E-state index contributed by atoms with van der Waals surface area (Å²) >= 11 is 5.69. The van der Waals surface area contributed by atoms with Crippen molar-refractivity contribution in [1.82, 2.24) is 10.2 Å². The summed E-state index contributed by atoms with van der Waals surface area (Å²) in [6.07, 6.45) is 2.41. The van der Waals surface area contributed by atoms with Gasteiger partial charge in [-0.05, 0) is 32.9 Å². The second-order valence-corrected chi connectivity index (χ2v) is 6.15. The van der Waals surface area contributed by atoms with Crippen LogP contribution in [0.15, 0.2) is 30.6 Å². The Morgan fingerprint density at radius 2 is 2.10 bits per heavy atom. The van der Waals surface area contributed by atoms with Crippen molar-refractivity contribution < 1.29 is 13.9 Å². The number of ether oxygens (including phenoxy) is 1. The van der Waals surface area contributed by atoms with Gasteiger partial charge in [-0.2, -0.15) is 5.10 Å². The minimum Gasteiger partial charge on any atom is -0.452 e. The Labute approximate surface area is 127 Å². The molecule has 6 heteroatoms. The monoisotopic (exact) mass is 310 g/mol. The Morgan fingerprint density at radius 1 is 1.38 bits per heavy atom. The van der Waals surface area contributed by atoms with E-state index in [2.05, 4.69) is 10.2 Å². The predicted octanol–water partition coefficient (Wildman–Crippen LogP) is 3.88. The van der Waals surface area contributed by atoms with Crippen LogP contribution in [0.3, 0.4) is 0 Å². The molecule has 0 saturated carbocycles. The fourth-order valence-corrected chi connectivity index (χ4v) is 1.81. The molecule has 4 nitrogen and oxygen atoms in total. The molecule has 1 N–H and O–H groups in total. The normalized spacial score (nSPS) is 13.0. The molecule has 21 heavy (non-hydrogen) atoms. The maximum Gasteiger partial charge on any atom is 0.312 e. The van der Waals surface area contributed by atoms with E-state index in [4.69, 9.17) is 16.3 Å². The SMILES string of the molecule is CC(C)(C)C(=O)OC(c1cn[nH]c1)c1ccc(Cl)c(F)c1. The summed E-state index contributed by atoms with van der Waals surface area (Å²) in [5, 5.41) is 6.52. The molecule has 1 atom stereocenters. The molecule has 0 radical (unpaired) electrons. The third-order valence-corrected chi connectivity index (χ3v) is 3.21. The molecule has 1 aromatic carbocycles. The van der Waals surface area contributed by atoms with Crippen LogP contribution in [0.5, 0.6) is 0 Å². The molecule has 112 valence electrons. The zero-order valence-electron chi connectivity index (χ0n) is 12.0. The van der Waals surface area contributed by atoms with Crippen LogP contribution in [-0.4, -0.2) is 16.2 Å². The fourth-order valence-electron chi connectivity index (χ4n) is 1.69. The number of aromatic amines is 1. The zero-order chi connectivity index (χ0) is 15.6. The van der Waals surface area contributed by atoms with Crippen LogP contribution in [0.2, 0.25) is 5.02 Å². The molecule has 1 unspecified atom stereocenters. The molecule has 0 amide bonds. The molecule has 0 aliphatic heterocycles. The standard InChI is InChI=1S/C15H16ClFN2O2/c1-15(2,3)14(20)21-13(10-7-18-19-8-10)9-4-5-11(16)12(17)6-9/h4-8,13H,1-3H3,(H,18,19). The van der Waals surface area contributed by atoms with Crippen molar-refractivity contribution in [3.05, 3.63) is 52.6 Å². The number of benzene rings is 1. The summed E-state index contributed by atoms with van der Waals surface area (Å²) in [4.78, 5) is 12.1. The lowest BCUT2D eigenvalue weighted by Gasteiger charge is -2.23.